The van der Waals surface area contributed by atoms with Crippen molar-refractivity contribution in [2.24, 2.45) is 16.7 Å². The Morgan fingerprint density at radius 1 is 0.976 bits per heavy atom. The van der Waals surface area contributed by atoms with E-state index >= 15 is 0 Å². The number of sulfonamides is 1. The van der Waals surface area contributed by atoms with Crippen molar-refractivity contribution in [1.82, 2.24) is 4.31 Å². The van der Waals surface area contributed by atoms with Crippen molar-refractivity contribution in [3.05, 3.63) is 103 Å². The van der Waals surface area contributed by atoms with Gasteiger partial charge in [0.05, 0.1) is 33.0 Å². The number of carbonyl (C=O) groups excluding carboxylic acids is 2. The van der Waals surface area contributed by atoms with Crippen molar-refractivity contribution in [3.8, 4) is 0 Å². The van der Waals surface area contributed by atoms with Crippen molar-refractivity contribution in [2.45, 2.75) is 52.2 Å². The molecule has 10 heteroatoms. The molecular formula is C32H30BrCl2NO5S. The number of hydrogen-bond acceptors (Lipinski definition) is 5. The summed E-state index contributed by atoms with van der Waals surface area (Å²) in [6.45, 7) is 6.19. The fourth-order valence-electron chi connectivity index (χ4n) is 7.45. The van der Waals surface area contributed by atoms with Crippen LogP contribution in [0.15, 0.2) is 65.1 Å². The molecule has 1 spiro atoms. The predicted octanol–water partition coefficient (Wildman–Crippen LogP) is 7.99. The van der Waals surface area contributed by atoms with E-state index < -0.39 is 39.5 Å². The lowest BCUT2D eigenvalue weighted by Gasteiger charge is -2.37. The van der Waals surface area contributed by atoms with Gasteiger partial charge in [-0.05, 0) is 72.9 Å². The van der Waals surface area contributed by atoms with Gasteiger partial charge in [-0.2, -0.15) is 0 Å². The number of rotatable bonds is 5. The second-order valence-electron chi connectivity index (χ2n) is 12.3. The van der Waals surface area contributed by atoms with Crippen LogP contribution in [0.1, 0.15) is 76.6 Å². The topological polar surface area (TPSA) is 80.8 Å². The number of hydrogen-bond donors (Lipinski definition) is 0. The molecule has 2 saturated carbocycles. The van der Waals surface area contributed by atoms with Crippen molar-refractivity contribution < 1.29 is 22.7 Å². The lowest BCUT2D eigenvalue weighted by Crippen LogP contribution is -2.44. The Balaban J connectivity index is 1.40. The fourth-order valence-corrected chi connectivity index (χ4v) is 10.6. The molecule has 1 aliphatic heterocycles. The van der Waals surface area contributed by atoms with Crippen molar-refractivity contribution in [3.63, 3.8) is 0 Å². The first-order chi connectivity index (χ1) is 19.7. The fraction of sp³-hybridized carbons (Fsp3) is 0.375. The summed E-state index contributed by atoms with van der Waals surface area (Å²) in [5.41, 5.74) is 1.49. The van der Waals surface area contributed by atoms with Crippen LogP contribution in [0.4, 0.5) is 0 Å². The largest absolute Gasteiger partial charge is 0.449 e. The predicted molar refractivity (Wildman–Crippen MR) is 166 cm³/mol. The minimum atomic E-state index is -3.94. The molecule has 3 aliphatic rings. The van der Waals surface area contributed by atoms with E-state index in [4.69, 9.17) is 27.9 Å². The van der Waals surface area contributed by atoms with Gasteiger partial charge in [-0.3, -0.25) is 4.79 Å². The molecule has 4 atom stereocenters. The molecule has 1 amide bonds. The summed E-state index contributed by atoms with van der Waals surface area (Å²) in [6.07, 6.45) is 1.51. The number of benzene rings is 3. The van der Waals surface area contributed by atoms with Crippen LogP contribution in [0.25, 0.3) is 0 Å². The van der Waals surface area contributed by atoms with E-state index in [1.54, 1.807) is 0 Å². The Bertz CT molecular complexity index is 1660. The molecule has 3 aromatic carbocycles. The molecule has 1 saturated heterocycles. The average molecular weight is 691 g/mol. The van der Waals surface area contributed by atoms with Crippen LogP contribution < -0.4 is 0 Å². The van der Waals surface area contributed by atoms with Crippen LogP contribution in [0.2, 0.25) is 10.0 Å². The van der Waals surface area contributed by atoms with Crippen molar-refractivity contribution >= 4 is 61.0 Å². The minimum Gasteiger partial charge on any atom is -0.449 e. The third kappa shape index (κ3) is 4.61. The van der Waals surface area contributed by atoms with E-state index in [0.29, 0.717) is 12.3 Å². The molecule has 2 aliphatic carbocycles. The van der Waals surface area contributed by atoms with E-state index in [9.17, 15) is 18.0 Å². The molecule has 0 unspecified atom stereocenters. The van der Waals surface area contributed by atoms with Gasteiger partial charge in [-0.25, -0.2) is 17.5 Å². The van der Waals surface area contributed by atoms with E-state index in [1.165, 1.54) is 12.1 Å². The van der Waals surface area contributed by atoms with Gasteiger partial charge in [0.25, 0.3) is 5.91 Å². The monoisotopic (exact) mass is 689 g/mol. The number of aryl methyl sites for hydroxylation is 1. The Morgan fingerprint density at radius 2 is 1.55 bits per heavy atom. The minimum absolute atomic E-state index is 0.0409. The van der Waals surface area contributed by atoms with Gasteiger partial charge in [0.15, 0.2) is 6.10 Å². The normalized spacial score (nSPS) is 25.7. The zero-order valence-electron chi connectivity index (χ0n) is 23.4. The third-order valence-electron chi connectivity index (χ3n) is 9.90. The molecule has 6 nitrogen and oxygen atoms in total. The maximum Gasteiger partial charge on any atom is 0.339 e. The van der Waals surface area contributed by atoms with Gasteiger partial charge in [0.1, 0.15) is 0 Å². The van der Waals surface area contributed by atoms with E-state index in [2.05, 4.69) is 29.8 Å². The zero-order chi connectivity index (χ0) is 30.2. The lowest BCUT2D eigenvalue weighted by molar-refractivity contribution is 0.0372. The molecule has 42 heavy (non-hydrogen) atoms. The van der Waals surface area contributed by atoms with Gasteiger partial charge in [-0.15, -0.1) is 0 Å². The van der Waals surface area contributed by atoms with Crippen molar-refractivity contribution in [1.29, 1.82) is 0 Å². The number of ether oxygens (including phenoxy) is 1. The first-order valence-electron chi connectivity index (χ1n) is 13.8. The number of carbonyl (C=O) groups is 2. The first-order valence-corrected chi connectivity index (χ1v) is 17.0. The molecule has 3 fully saturated rings. The van der Waals surface area contributed by atoms with Crippen molar-refractivity contribution in [2.75, 3.05) is 5.75 Å². The van der Waals surface area contributed by atoms with Gasteiger partial charge >= 0.3 is 5.97 Å². The van der Waals surface area contributed by atoms with Crippen LogP contribution in [0, 0.1) is 23.7 Å². The lowest BCUT2D eigenvalue weighted by atomic mass is 9.69. The summed E-state index contributed by atoms with van der Waals surface area (Å²) in [5, 5.41) is 0.0941. The molecule has 0 aromatic heterocycles. The Kier molecular flexibility index (Phi) is 7.32. The van der Waals surface area contributed by atoms with Gasteiger partial charge in [0.2, 0.25) is 10.0 Å². The smallest absolute Gasteiger partial charge is 0.339 e. The van der Waals surface area contributed by atoms with Gasteiger partial charge in [-0.1, -0.05) is 94.9 Å². The SMILES string of the molecule is Cc1ccc([C@H](OC(=O)c2cc(Cl)c(Cl)cc2C(=O)N2[C@@H]3C[C@H]4CC[C@]3(CS2(=O)=O)C4(C)C)c2ccc(Br)cc2)cc1. The molecular weight excluding hydrogens is 661 g/mol. The van der Waals surface area contributed by atoms with E-state index in [0.717, 1.165) is 38.3 Å². The van der Waals surface area contributed by atoms with Crippen LogP contribution >= 0.6 is 39.1 Å². The summed E-state index contributed by atoms with van der Waals surface area (Å²) in [4.78, 5) is 28.1. The molecule has 3 aromatic rings. The average Bonchev–Trinajstić information content (AvgIpc) is 3.42. The molecule has 0 N–H and O–H groups in total. The highest BCUT2D eigenvalue weighted by Crippen LogP contribution is 2.70. The number of halogens is 3. The summed E-state index contributed by atoms with van der Waals surface area (Å²) in [6, 6.07) is 17.1. The van der Waals surface area contributed by atoms with Crippen LogP contribution in [0.3, 0.4) is 0 Å². The second kappa shape index (κ2) is 10.4. The number of amides is 1. The van der Waals surface area contributed by atoms with Crippen LogP contribution in [-0.4, -0.2) is 36.4 Å². The van der Waals surface area contributed by atoms with E-state index in [1.807, 2.05) is 55.5 Å². The maximum atomic E-state index is 14.2. The van der Waals surface area contributed by atoms with Crippen LogP contribution in [0.5, 0.6) is 0 Å². The van der Waals surface area contributed by atoms with E-state index in [-0.39, 0.29) is 32.3 Å². The molecule has 2 bridgehead atoms. The Hall–Kier alpha value is -2.39. The van der Waals surface area contributed by atoms with Gasteiger partial charge in [0, 0.05) is 9.89 Å². The standard InChI is InChI=1S/C32H30BrCl2NO5S/c1-18-4-6-19(7-5-18)28(20-8-10-22(33)11-9-20)41-30(38)24-16-26(35)25(34)15-23(24)29(37)36-27-14-21-12-13-32(27,31(21,2)3)17-42(36,39)40/h4-11,15-16,21,27-28H,12-14,17H2,1-3H3/t21-,27-,28+,32-/m1/s1. The summed E-state index contributed by atoms with van der Waals surface area (Å²) in [7, 11) is -3.94. The second-order valence-corrected chi connectivity index (χ2v) is 15.9. The van der Waals surface area contributed by atoms with Crippen LogP contribution in [-0.2, 0) is 14.8 Å². The number of fused-ring (bicyclic) bond motifs is 1. The maximum absolute atomic E-state index is 14.2. The molecule has 1 heterocycles. The highest BCUT2D eigenvalue weighted by Gasteiger charge is 2.72. The summed E-state index contributed by atoms with van der Waals surface area (Å²) < 4.78 is 35.2. The first kappa shape index (κ1) is 29.7. The molecule has 0 radical (unpaired) electrons. The Labute approximate surface area is 264 Å². The zero-order valence-corrected chi connectivity index (χ0v) is 27.3. The molecule has 220 valence electrons. The highest BCUT2D eigenvalue weighted by molar-refractivity contribution is 9.10. The quantitative estimate of drug-likeness (QED) is 0.254. The third-order valence-corrected chi connectivity index (χ3v) is 13.1. The highest BCUT2D eigenvalue weighted by atomic mass is 79.9. The Morgan fingerprint density at radius 3 is 2.14 bits per heavy atom. The molecule has 6 rings (SSSR count). The number of esters is 1. The number of nitrogens with zero attached hydrogens (tertiary/aromatic N) is 1. The summed E-state index contributed by atoms with van der Waals surface area (Å²) in [5.74, 6) is -1.35. The summed E-state index contributed by atoms with van der Waals surface area (Å²) >= 11 is 16.1. The van der Waals surface area contributed by atoms with Gasteiger partial charge < -0.3 is 4.74 Å².